The van der Waals surface area contributed by atoms with Gasteiger partial charge in [0.15, 0.2) is 0 Å². The number of furan rings is 1. The second kappa shape index (κ2) is 8.89. The maximum atomic E-state index is 13.5. The summed E-state index contributed by atoms with van der Waals surface area (Å²) in [4.78, 5) is 27.3. The van der Waals surface area contributed by atoms with E-state index in [1.807, 2.05) is 0 Å². The van der Waals surface area contributed by atoms with Crippen molar-refractivity contribution >= 4 is 22.8 Å². The topological polar surface area (TPSA) is 69.0 Å². The number of ether oxygens (including phenoxy) is 2. The number of benzene rings is 2. The van der Waals surface area contributed by atoms with Gasteiger partial charge in [0.1, 0.15) is 23.2 Å². The molecule has 2 heterocycles. The molecule has 2 atom stereocenters. The van der Waals surface area contributed by atoms with Crippen molar-refractivity contribution in [3.05, 3.63) is 71.2 Å². The molecule has 0 radical (unpaired) electrons. The monoisotopic (exact) mass is 425 g/mol. The number of hydrogen-bond acceptors (Lipinski definition) is 5. The van der Waals surface area contributed by atoms with Gasteiger partial charge in [0.2, 0.25) is 0 Å². The molecule has 1 amide bonds. The van der Waals surface area contributed by atoms with E-state index in [4.69, 9.17) is 13.9 Å². The lowest BCUT2D eigenvalue weighted by Crippen LogP contribution is -2.45. The summed E-state index contributed by atoms with van der Waals surface area (Å²) in [7, 11) is 1.64. The third-order valence-corrected chi connectivity index (χ3v) is 5.71. The van der Waals surface area contributed by atoms with E-state index < -0.39 is 5.97 Å². The molecule has 0 spiro atoms. The van der Waals surface area contributed by atoms with E-state index >= 15 is 0 Å². The van der Waals surface area contributed by atoms with Crippen molar-refractivity contribution in [2.75, 3.05) is 20.3 Å². The highest BCUT2D eigenvalue weighted by atomic mass is 19.1. The number of piperidine rings is 1. The fourth-order valence-electron chi connectivity index (χ4n) is 4.08. The van der Waals surface area contributed by atoms with Crippen molar-refractivity contribution in [3.63, 3.8) is 0 Å². The van der Waals surface area contributed by atoms with Crippen LogP contribution in [0.1, 0.15) is 52.1 Å². The molecule has 2 aromatic carbocycles. The largest absolute Gasteiger partial charge is 0.463 e. The fourth-order valence-corrected chi connectivity index (χ4v) is 4.08. The number of rotatable bonds is 5. The molecule has 4 rings (SSSR count). The number of amides is 1. The Hall–Kier alpha value is -3.19. The maximum Gasteiger partial charge on any atom is 0.342 e. The molecule has 0 saturated carbocycles. The Labute approximate surface area is 179 Å². The van der Waals surface area contributed by atoms with Crippen LogP contribution in [0.5, 0.6) is 0 Å². The zero-order valence-corrected chi connectivity index (χ0v) is 17.5. The van der Waals surface area contributed by atoms with Crippen molar-refractivity contribution < 1.29 is 27.9 Å². The summed E-state index contributed by atoms with van der Waals surface area (Å²) in [6, 6.07) is 11.1. The first-order valence-corrected chi connectivity index (χ1v) is 10.3. The second-order valence-electron chi connectivity index (χ2n) is 7.54. The first kappa shape index (κ1) is 21.1. The van der Waals surface area contributed by atoms with Gasteiger partial charge in [-0.2, -0.15) is 0 Å². The van der Waals surface area contributed by atoms with Crippen LogP contribution in [0.4, 0.5) is 4.39 Å². The van der Waals surface area contributed by atoms with E-state index in [9.17, 15) is 14.0 Å². The minimum Gasteiger partial charge on any atom is -0.463 e. The highest BCUT2D eigenvalue weighted by Crippen LogP contribution is 2.34. The van der Waals surface area contributed by atoms with Crippen LogP contribution in [0.25, 0.3) is 11.0 Å². The Balaban J connectivity index is 1.65. The lowest BCUT2D eigenvalue weighted by molar-refractivity contribution is 0.00699. The predicted molar refractivity (Wildman–Crippen MR) is 112 cm³/mol. The lowest BCUT2D eigenvalue weighted by atomic mass is 9.93. The molecular formula is C24H24FNO5. The zero-order chi connectivity index (χ0) is 22.0. The van der Waals surface area contributed by atoms with E-state index in [2.05, 4.69) is 0 Å². The first-order valence-electron chi connectivity index (χ1n) is 10.3. The number of esters is 1. The van der Waals surface area contributed by atoms with Crippen molar-refractivity contribution in [1.29, 1.82) is 0 Å². The number of fused-ring (bicyclic) bond motifs is 1. The predicted octanol–water partition coefficient (Wildman–Crippen LogP) is 4.74. The molecule has 1 aliphatic rings. The van der Waals surface area contributed by atoms with Gasteiger partial charge < -0.3 is 18.8 Å². The van der Waals surface area contributed by atoms with Crippen LogP contribution in [0.15, 0.2) is 53.1 Å². The Kier molecular flexibility index (Phi) is 6.04. The van der Waals surface area contributed by atoms with Crippen molar-refractivity contribution in [2.24, 2.45) is 0 Å². The molecular weight excluding hydrogens is 401 g/mol. The fraction of sp³-hybridized carbons (Fsp3) is 0.333. The summed E-state index contributed by atoms with van der Waals surface area (Å²) >= 11 is 0. The summed E-state index contributed by atoms with van der Waals surface area (Å²) < 4.78 is 29.5. The highest BCUT2D eigenvalue weighted by molar-refractivity contribution is 6.05. The Bertz CT molecular complexity index is 1090. The van der Waals surface area contributed by atoms with E-state index in [1.165, 1.54) is 18.4 Å². The minimum atomic E-state index is -0.462. The van der Waals surface area contributed by atoms with Gasteiger partial charge in [0.25, 0.3) is 5.91 Å². The Morgan fingerprint density at radius 1 is 1.16 bits per heavy atom. The number of likely N-dealkylation sites (tertiary alicyclic amines) is 1. The highest BCUT2D eigenvalue weighted by Gasteiger charge is 2.33. The van der Waals surface area contributed by atoms with Crippen LogP contribution in [0.3, 0.4) is 0 Å². The molecule has 1 aromatic heterocycles. The van der Waals surface area contributed by atoms with Crippen LogP contribution in [0.2, 0.25) is 0 Å². The molecule has 0 N–H and O–H groups in total. The number of hydrogen-bond donors (Lipinski definition) is 0. The molecule has 0 aliphatic carbocycles. The van der Waals surface area contributed by atoms with Crippen LogP contribution in [0, 0.1) is 5.82 Å². The summed E-state index contributed by atoms with van der Waals surface area (Å²) in [6.07, 6.45) is 2.80. The van der Waals surface area contributed by atoms with Gasteiger partial charge >= 0.3 is 5.97 Å². The van der Waals surface area contributed by atoms with Crippen molar-refractivity contribution in [2.45, 2.75) is 31.9 Å². The van der Waals surface area contributed by atoms with Gasteiger partial charge in [-0.1, -0.05) is 12.1 Å². The molecule has 3 aromatic rings. The molecule has 1 fully saturated rings. The molecule has 2 unspecified atom stereocenters. The first-order chi connectivity index (χ1) is 15.0. The van der Waals surface area contributed by atoms with E-state index in [0.717, 1.165) is 12.0 Å². The zero-order valence-electron chi connectivity index (χ0n) is 17.5. The van der Waals surface area contributed by atoms with Crippen LogP contribution >= 0.6 is 0 Å². The van der Waals surface area contributed by atoms with Crippen molar-refractivity contribution in [1.82, 2.24) is 4.90 Å². The normalized spacial score (nSPS) is 18.9. The number of carbonyl (C=O) groups is 2. The smallest absolute Gasteiger partial charge is 0.342 e. The Morgan fingerprint density at radius 2 is 1.94 bits per heavy atom. The molecule has 162 valence electrons. The third-order valence-electron chi connectivity index (χ3n) is 5.71. The van der Waals surface area contributed by atoms with Crippen LogP contribution in [-0.2, 0) is 9.47 Å². The van der Waals surface area contributed by atoms with Crippen LogP contribution < -0.4 is 0 Å². The van der Waals surface area contributed by atoms with Crippen molar-refractivity contribution in [3.8, 4) is 0 Å². The van der Waals surface area contributed by atoms with Gasteiger partial charge in [-0.05, 0) is 55.7 Å². The molecule has 31 heavy (non-hydrogen) atoms. The van der Waals surface area contributed by atoms with Gasteiger partial charge in [0, 0.05) is 24.6 Å². The lowest BCUT2D eigenvalue weighted by Gasteiger charge is -2.39. The summed E-state index contributed by atoms with van der Waals surface area (Å²) in [6.45, 7) is 2.44. The number of methoxy groups -OCH3 is 1. The molecule has 0 bridgehead atoms. The third kappa shape index (κ3) is 4.18. The average molecular weight is 425 g/mol. The number of halogens is 1. The number of carbonyl (C=O) groups excluding carboxylic acids is 2. The maximum absolute atomic E-state index is 13.5. The summed E-state index contributed by atoms with van der Waals surface area (Å²) in [5.74, 6) is -0.949. The SMILES string of the molecule is CCOC(=O)c1coc2cc(C(=O)N3CC(OC)CCC3c3ccc(F)cc3)ccc12. The number of nitrogens with zero attached hydrogens (tertiary/aromatic N) is 1. The minimum absolute atomic E-state index is 0.0663. The molecule has 1 aliphatic heterocycles. The standard InChI is InChI=1S/C24H24FNO5/c1-3-30-24(28)20-14-31-22-12-16(6-10-19(20)22)23(27)26-13-18(29-2)9-11-21(26)15-4-7-17(25)8-5-15/h4-8,10,12,14,18,21H,3,9,11,13H2,1-2H3. The van der Waals surface area contributed by atoms with Gasteiger partial charge in [0.05, 0.1) is 18.8 Å². The van der Waals surface area contributed by atoms with Gasteiger partial charge in [-0.25, -0.2) is 9.18 Å². The van der Waals surface area contributed by atoms with Gasteiger partial charge in [-0.15, -0.1) is 0 Å². The Morgan fingerprint density at radius 3 is 2.65 bits per heavy atom. The summed E-state index contributed by atoms with van der Waals surface area (Å²) in [5.41, 5.74) is 2.10. The summed E-state index contributed by atoms with van der Waals surface area (Å²) in [5, 5.41) is 0.596. The van der Waals surface area contributed by atoms with E-state index in [1.54, 1.807) is 49.3 Å². The molecule has 7 heteroatoms. The quantitative estimate of drug-likeness (QED) is 0.552. The molecule has 6 nitrogen and oxygen atoms in total. The van der Waals surface area contributed by atoms with Crippen LogP contribution in [-0.4, -0.2) is 43.1 Å². The van der Waals surface area contributed by atoms with E-state index in [0.29, 0.717) is 35.1 Å². The van der Waals surface area contributed by atoms with Gasteiger partial charge in [-0.3, -0.25) is 4.79 Å². The van der Waals surface area contributed by atoms with E-state index in [-0.39, 0.29) is 30.5 Å². The molecule has 1 saturated heterocycles. The second-order valence-corrected chi connectivity index (χ2v) is 7.54. The average Bonchev–Trinajstić information content (AvgIpc) is 3.22.